The van der Waals surface area contributed by atoms with Gasteiger partial charge in [-0.2, -0.15) is 4.72 Å². The SMILES string of the molecule is O=C(CCCNC(=O)c1cccc(C(=O)NCCCC(=O)CCC[C@@H](NS(=O)(=O)c2ccc(-c3ccccc3)cc2)C(=O)NO)c1)CCC[C@@H](NCc1ccc(-c2ccccc2)cc1)C(=O)NO. The van der Waals surface area contributed by atoms with Crippen LogP contribution >= 0.6 is 0 Å². The van der Waals surface area contributed by atoms with Gasteiger partial charge in [0.15, 0.2) is 0 Å². The maximum Gasteiger partial charge on any atom is 0.261 e. The third-order valence-electron chi connectivity index (χ3n) is 11.2. The number of carbonyl (C=O) groups is 6. The number of carbonyl (C=O) groups excluding carboxylic acids is 6. The average molecular weight is 947 g/mol. The normalized spacial score (nSPS) is 12.0. The Hall–Kier alpha value is -6.89. The highest BCUT2D eigenvalue weighted by Gasteiger charge is 2.26. The molecule has 0 bridgehead atoms. The van der Waals surface area contributed by atoms with Crippen LogP contribution in [0, 0.1) is 0 Å². The van der Waals surface area contributed by atoms with E-state index in [-0.39, 0.29) is 79.2 Å². The van der Waals surface area contributed by atoms with Crippen molar-refractivity contribution in [2.75, 3.05) is 13.1 Å². The Kier molecular flexibility index (Phi) is 20.7. The van der Waals surface area contributed by atoms with Crippen molar-refractivity contribution in [2.45, 2.75) is 87.7 Å². The standard InChI is InChI=1S/C51H58N6O10S/c58-43(18-8-22-46(50(62)55-64)54-35-36-24-26-39(27-25-36)37-12-3-1-4-13-37)20-10-32-52-48(60)41-16-7-17-42(34-41)49(61)53-33-11-21-44(59)19-9-23-47(51(63)56-65)57-68(66,67)45-30-28-40(29-31-45)38-14-5-2-6-15-38/h1-7,12-17,24-31,34,46-47,54,57,64-65H,8-11,18-23,32-33,35H2,(H,52,60)(H,53,61)(H,55,62)(H,56,63)/t46-,47-/m1/s1. The first kappa shape index (κ1) is 52.1. The van der Waals surface area contributed by atoms with Crippen LogP contribution in [0.5, 0.6) is 0 Å². The van der Waals surface area contributed by atoms with Gasteiger partial charge >= 0.3 is 0 Å². The summed E-state index contributed by atoms with van der Waals surface area (Å²) in [4.78, 5) is 75.5. The number of hydrogen-bond acceptors (Lipinski definition) is 11. The van der Waals surface area contributed by atoms with Gasteiger partial charge in [0, 0.05) is 56.4 Å². The molecule has 0 fully saturated rings. The van der Waals surface area contributed by atoms with Gasteiger partial charge in [0.1, 0.15) is 17.6 Å². The molecule has 0 aliphatic heterocycles. The van der Waals surface area contributed by atoms with E-state index < -0.39 is 45.7 Å². The molecule has 16 nitrogen and oxygen atoms in total. The summed E-state index contributed by atoms with van der Waals surface area (Å²) in [5.74, 6) is -2.59. The van der Waals surface area contributed by atoms with E-state index in [1.807, 2.05) is 84.9 Å². The summed E-state index contributed by atoms with van der Waals surface area (Å²) < 4.78 is 28.5. The molecule has 68 heavy (non-hydrogen) atoms. The molecule has 5 aromatic rings. The van der Waals surface area contributed by atoms with Gasteiger partial charge in [-0.15, -0.1) is 0 Å². The number of amides is 4. The Morgan fingerprint density at radius 3 is 1.40 bits per heavy atom. The zero-order chi connectivity index (χ0) is 48.7. The lowest BCUT2D eigenvalue weighted by Crippen LogP contribution is -2.45. The summed E-state index contributed by atoms with van der Waals surface area (Å²) in [6.07, 6.45) is 2.16. The number of Topliss-reactive ketones (excluding diaryl/α,β-unsaturated/α-hetero) is 2. The van der Waals surface area contributed by atoms with Crippen LogP contribution in [0.15, 0.2) is 138 Å². The van der Waals surface area contributed by atoms with Crippen LogP contribution in [0.1, 0.15) is 90.5 Å². The van der Waals surface area contributed by atoms with Gasteiger partial charge in [0.25, 0.3) is 23.6 Å². The number of hydrogen-bond donors (Lipinski definition) is 8. The molecule has 8 N–H and O–H groups in total. The monoisotopic (exact) mass is 946 g/mol. The summed E-state index contributed by atoms with van der Waals surface area (Å²) in [5, 5.41) is 27.2. The minimum Gasteiger partial charge on any atom is -0.352 e. The molecule has 0 saturated heterocycles. The molecule has 0 aromatic heterocycles. The van der Waals surface area contributed by atoms with Crippen LogP contribution < -0.4 is 31.6 Å². The first-order valence-corrected chi connectivity index (χ1v) is 24.0. The van der Waals surface area contributed by atoms with E-state index in [1.54, 1.807) is 35.8 Å². The molecule has 5 aromatic carbocycles. The summed E-state index contributed by atoms with van der Waals surface area (Å²) in [7, 11) is -4.14. The van der Waals surface area contributed by atoms with E-state index in [9.17, 15) is 47.6 Å². The van der Waals surface area contributed by atoms with Crippen LogP contribution in [0.25, 0.3) is 22.3 Å². The zero-order valence-corrected chi connectivity index (χ0v) is 38.4. The highest BCUT2D eigenvalue weighted by atomic mass is 32.2. The molecule has 358 valence electrons. The van der Waals surface area contributed by atoms with Gasteiger partial charge in [0.2, 0.25) is 10.0 Å². The maximum absolute atomic E-state index is 13.1. The van der Waals surface area contributed by atoms with Crippen molar-refractivity contribution in [1.82, 2.24) is 31.6 Å². The van der Waals surface area contributed by atoms with Crippen molar-refractivity contribution < 1.29 is 47.6 Å². The average Bonchev–Trinajstić information content (AvgIpc) is 3.37. The topological polar surface area (TPSA) is 249 Å². The lowest BCUT2D eigenvalue weighted by atomic mass is 10.0. The van der Waals surface area contributed by atoms with Crippen LogP contribution in [0.4, 0.5) is 0 Å². The van der Waals surface area contributed by atoms with Crippen molar-refractivity contribution in [2.24, 2.45) is 0 Å². The van der Waals surface area contributed by atoms with Gasteiger partial charge in [-0.25, -0.2) is 19.4 Å². The Bertz CT molecular complexity index is 2560. The second-order valence-corrected chi connectivity index (χ2v) is 17.9. The minimum atomic E-state index is -4.14. The van der Waals surface area contributed by atoms with Gasteiger partial charge in [-0.05, 0) is 96.7 Å². The first-order chi connectivity index (χ1) is 32.9. The quantitative estimate of drug-likeness (QED) is 0.0163. The molecule has 0 aliphatic carbocycles. The number of sulfonamides is 1. The number of hydroxylamine groups is 2. The van der Waals surface area contributed by atoms with Crippen LogP contribution in [0.3, 0.4) is 0 Å². The minimum absolute atomic E-state index is 0.0253. The maximum atomic E-state index is 13.1. The fraction of sp³-hybridized carbons (Fsp3) is 0.294. The van der Waals surface area contributed by atoms with Crippen molar-refractivity contribution in [3.63, 3.8) is 0 Å². The first-order valence-electron chi connectivity index (χ1n) is 22.5. The zero-order valence-electron chi connectivity index (χ0n) is 37.6. The van der Waals surface area contributed by atoms with Gasteiger partial charge in [-0.3, -0.25) is 39.2 Å². The molecular formula is C51H58N6O10S. The predicted molar refractivity (Wildman–Crippen MR) is 256 cm³/mol. The number of benzene rings is 5. The van der Waals surface area contributed by atoms with E-state index in [0.717, 1.165) is 27.8 Å². The summed E-state index contributed by atoms with van der Waals surface area (Å²) in [6, 6.07) is 37.5. The van der Waals surface area contributed by atoms with Gasteiger partial charge in [0.05, 0.1) is 10.9 Å². The Labute approximate surface area is 396 Å². The fourth-order valence-electron chi connectivity index (χ4n) is 7.36. The fourth-order valence-corrected chi connectivity index (χ4v) is 8.59. The largest absolute Gasteiger partial charge is 0.352 e. The van der Waals surface area contributed by atoms with Crippen molar-refractivity contribution in [3.05, 3.63) is 150 Å². The molecule has 0 radical (unpaired) electrons. The van der Waals surface area contributed by atoms with E-state index in [1.165, 1.54) is 23.7 Å². The molecule has 5 rings (SSSR count). The second kappa shape index (κ2) is 27.1. The second-order valence-electron chi connectivity index (χ2n) is 16.2. The molecule has 0 unspecified atom stereocenters. The van der Waals surface area contributed by atoms with Crippen molar-refractivity contribution >= 4 is 45.2 Å². The van der Waals surface area contributed by atoms with Gasteiger partial charge in [-0.1, -0.05) is 103 Å². The number of nitrogens with one attached hydrogen (secondary N) is 6. The molecule has 0 aliphatic rings. The van der Waals surface area contributed by atoms with Crippen LogP contribution in [-0.4, -0.2) is 79.2 Å². The molecule has 2 atom stereocenters. The molecule has 0 heterocycles. The highest BCUT2D eigenvalue weighted by Crippen LogP contribution is 2.22. The molecule has 0 spiro atoms. The molecular weight excluding hydrogens is 889 g/mol. The van der Waals surface area contributed by atoms with E-state index in [0.29, 0.717) is 32.2 Å². The Morgan fingerprint density at radius 1 is 0.485 bits per heavy atom. The van der Waals surface area contributed by atoms with Crippen molar-refractivity contribution in [3.8, 4) is 22.3 Å². The molecule has 17 heteroatoms. The summed E-state index contributed by atoms with van der Waals surface area (Å²) >= 11 is 0. The lowest BCUT2D eigenvalue weighted by molar-refractivity contribution is -0.132. The number of ketones is 2. The third kappa shape index (κ3) is 16.8. The lowest BCUT2D eigenvalue weighted by Gasteiger charge is -2.17. The Balaban J connectivity index is 0.945. The summed E-state index contributed by atoms with van der Waals surface area (Å²) in [6.45, 7) is 0.789. The van der Waals surface area contributed by atoms with Crippen LogP contribution in [0.2, 0.25) is 0 Å². The number of rotatable bonds is 28. The van der Waals surface area contributed by atoms with Crippen molar-refractivity contribution in [1.29, 1.82) is 0 Å². The summed E-state index contributed by atoms with van der Waals surface area (Å²) in [5.41, 5.74) is 8.51. The molecule has 0 saturated carbocycles. The highest BCUT2D eigenvalue weighted by molar-refractivity contribution is 7.89. The van der Waals surface area contributed by atoms with Crippen LogP contribution in [-0.2, 0) is 35.7 Å². The predicted octanol–water partition coefficient (Wildman–Crippen LogP) is 6.04. The molecule has 4 amide bonds. The van der Waals surface area contributed by atoms with E-state index in [2.05, 4.69) is 20.7 Å². The van der Waals surface area contributed by atoms with E-state index in [4.69, 9.17) is 0 Å². The third-order valence-corrected chi connectivity index (χ3v) is 12.6. The van der Waals surface area contributed by atoms with E-state index >= 15 is 0 Å². The smallest absolute Gasteiger partial charge is 0.261 e. The van der Waals surface area contributed by atoms with Gasteiger partial charge < -0.3 is 16.0 Å². The Morgan fingerprint density at radius 2 is 0.912 bits per heavy atom.